The van der Waals surface area contributed by atoms with Crippen LogP contribution in [0.3, 0.4) is 0 Å². The highest BCUT2D eigenvalue weighted by Gasteiger charge is 2.25. The van der Waals surface area contributed by atoms with Crippen LogP contribution in [0.15, 0.2) is 5.11 Å². The topological polar surface area (TPSA) is 78.2 Å². The molecular weight excluding hydrogens is 134 g/mol. The highest BCUT2D eigenvalue weighted by Crippen LogP contribution is 2.16. The van der Waals surface area contributed by atoms with Crippen molar-refractivity contribution < 1.29 is 9.84 Å². The zero-order valence-electron chi connectivity index (χ0n) is 5.47. The second-order valence-corrected chi connectivity index (χ2v) is 2.15. The summed E-state index contributed by atoms with van der Waals surface area (Å²) in [5.74, 6) is 0. The zero-order valence-corrected chi connectivity index (χ0v) is 5.47. The molecule has 0 spiro atoms. The van der Waals surface area contributed by atoms with Crippen molar-refractivity contribution in [1.82, 2.24) is 0 Å². The Morgan fingerprint density at radius 2 is 2.60 bits per heavy atom. The van der Waals surface area contributed by atoms with Gasteiger partial charge in [-0.15, -0.1) is 0 Å². The van der Waals surface area contributed by atoms with Gasteiger partial charge in [0.05, 0.1) is 18.8 Å². The summed E-state index contributed by atoms with van der Waals surface area (Å²) in [7, 11) is 0. The number of azide groups is 1. The van der Waals surface area contributed by atoms with Crippen molar-refractivity contribution >= 4 is 0 Å². The van der Waals surface area contributed by atoms with Gasteiger partial charge in [0.15, 0.2) is 0 Å². The van der Waals surface area contributed by atoms with E-state index >= 15 is 0 Å². The first kappa shape index (κ1) is 7.34. The number of ether oxygens (including phenoxy) is 1. The van der Waals surface area contributed by atoms with Crippen LogP contribution in [0.25, 0.3) is 10.4 Å². The van der Waals surface area contributed by atoms with E-state index in [9.17, 15) is 0 Å². The van der Waals surface area contributed by atoms with Gasteiger partial charge in [0.1, 0.15) is 0 Å². The molecule has 2 atom stereocenters. The first-order valence-corrected chi connectivity index (χ1v) is 3.15. The first-order valence-electron chi connectivity index (χ1n) is 3.15. The van der Waals surface area contributed by atoms with Crippen molar-refractivity contribution in [1.29, 1.82) is 0 Å². The van der Waals surface area contributed by atoms with E-state index in [-0.39, 0.29) is 18.8 Å². The molecule has 1 saturated heterocycles. The SMILES string of the molecule is [N-]=[N+]=N[C@H]1CCO[C@@H]1CO. The first-order chi connectivity index (χ1) is 4.88. The average Bonchev–Trinajstić information content (AvgIpc) is 2.36. The van der Waals surface area contributed by atoms with Crippen molar-refractivity contribution in [2.24, 2.45) is 5.11 Å². The number of aliphatic hydroxyl groups excluding tert-OH is 1. The summed E-state index contributed by atoms with van der Waals surface area (Å²) in [6.45, 7) is 0.512. The van der Waals surface area contributed by atoms with Gasteiger partial charge in [-0.05, 0) is 12.0 Å². The molecule has 0 aromatic carbocycles. The second-order valence-electron chi connectivity index (χ2n) is 2.15. The lowest BCUT2D eigenvalue weighted by molar-refractivity contribution is 0.0529. The van der Waals surface area contributed by atoms with Crippen LogP contribution >= 0.6 is 0 Å². The molecule has 1 heterocycles. The Labute approximate surface area is 58.2 Å². The van der Waals surface area contributed by atoms with Crippen LogP contribution in [0.5, 0.6) is 0 Å². The maximum atomic E-state index is 8.65. The van der Waals surface area contributed by atoms with Gasteiger partial charge in [-0.1, -0.05) is 5.11 Å². The molecule has 0 saturated carbocycles. The van der Waals surface area contributed by atoms with E-state index in [1.807, 2.05) is 0 Å². The van der Waals surface area contributed by atoms with Crippen LogP contribution in [-0.2, 0) is 4.74 Å². The lowest BCUT2D eigenvalue weighted by Gasteiger charge is -2.08. The minimum absolute atomic E-state index is 0.0658. The molecule has 56 valence electrons. The third-order valence-electron chi connectivity index (χ3n) is 1.55. The van der Waals surface area contributed by atoms with E-state index < -0.39 is 0 Å². The third kappa shape index (κ3) is 1.39. The van der Waals surface area contributed by atoms with E-state index in [0.717, 1.165) is 6.42 Å². The van der Waals surface area contributed by atoms with E-state index in [1.54, 1.807) is 0 Å². The second kappa shape index (κ2) is 3.41. The molecule has 1 N–H and O–H groups in total. The zero-order chi connectivity index (χ0) is 7.40. The fourth-order valence-corrected chi connectivity index (χ4v) is 1.01. The van der Waals surface area contributed by atoms with Crippen LogP contribution in [0, 0.1) is 0 Å². The largest absolute Gasteiger partial charge is 0.394 e. The van der Waals surface area contributed by atoms with Crippen LogP contribution in [0.4, 0.5) is 0 Å². The molecule has 5 heteroatoms. The van der Waals surface area contributed by atoms with E-state index in [2.05, 4.69) is 10.0 Å². The third-order valence-corrected chi connectivity index (χ3v) is 1.55. The van der Waals surface area contributed by atoms with Crippen molar-refractivity contribution in [3.8, 4) is 0 Å². The standard InChI is InChI=1S/C5H9N3O2/c6-8-7-4-1-2-10-5(4)3-9/h4-5,9H,1-3H2/t4-,5+/m0/s1. The lowest BCUT2D eigenvalue weighted by atomic mass is 10.2. The molecule has 0 aromatic rings. The van der Waals surface area contributed by atoms with Gasteiger partial charge in [0, 0.05) is 11.5 Å². The molecule has 1 aliphatic rings. The minimum Gasteiger partial charge on any atom is -0.394 e. The Balaban J connectivity index is 2.49. The van der Waals surface area contributed by atoms with E-state index in [0.29, 0.717) is 6.61 Å². The van der Waals surface area contributed by atoms with Crippen LogP contribution in [0.2, 0.25) is 0 Å². The summed E-state index contributed by atoms with van der Waals surface area (Å²) in [6, 6.07) is -0.171. The summed E-state index contributed by atoms with van der Waals surface area (Å²) in [6.07, 6.45) is 0.436. The average molecular weight is 143 g/mol. The van der Waals surface area contributed by atoms with Gasteiger partial charge in [0.2, 0.25) is 0 Å². The Bertz CT molecular complexity index is 155. The molecular formula is C5H9N3O2. The van der Waals surface area contributed by atoms with Crippen LogP contribution < -0.4 is 0 Å². The minimum atomic E-state index is -0.282. The Morgan fingerprint density at radius 1 is 1.80 bits per heavy atom. The van der Waals surface area contributed by atoms with Gasteiger partial charge in [0.25, 0.3) is 0 Å². The lowest BCUT2D eigenvalue weighted by Crippen LogP contribution is -2.22. The highest BCUT2D eigenvalue weighted by molar-refractivity contribution is 4.81. The maximum Gasteiger partial charge on any atom is 0.0891 e. The quantitative estimate of drug-likeness (QED) is 0.346. The molecule has 1 fully saturated rings. The number of hydrogen-bond donors (Lipinski definition) is 1. The summed E-state index contributed by atoms with van der Waals surface area (Å²) in [5, 5.41) is 12.1. The number of rotatable bonds is 2. The monoisotopic (exact) mass is 143 g/mol. The number of hydrogen-bond acceptors (Lipinski definition) is 3. The van der Waals surface area contributed by atoms with Crippen molar-refractivity contribution in [3.05, 3.63) is 10.4 Å². The predicted molar refractivity (Wildman–Crippen MR) is 34.4 cm³/mol. The van der Waals surface area contributed by atoms with Crippen LogP contribution in [-0.4, -0.2) is 30.5 Å². The van der Waals surface area contributed by atoms with Gasteiger partial charge >= 0.3 is 0 Å². The van der Waals surface area contributed by atoms with Crippen molar-refractivity contribution in [2.45, 2.75) is 18.6 Å². The molecule has 0 unspecified atom stereocenters. The van der Waals surface area contributed by atoms with E-state index in [1.165, 1.54) is 0 Å². The number of aliphatic hydroxyl groups is 1. The molecule has 1 aliphatic heterocycles. The fraction of sp³-hybridized carbons (Fsp3) is 1.00. The Morgan fingerprint density at radius 3 is 3.20 bits per heavy atom. The van der Waals surface area contributed by atoms with Crippen molar-refractivity contribution in [3.63, 3.8) is 0 Å². The molecule has 0 radical (unpaired) electrons. The Hall–Kier alpha value is -0.770. The normalized spacial score (nSPS) is 31.7. The molecule has 0 bridgehead atoms. The molecule has 0 aliphatic carbocycles. The molecule has 10 heavy (non-hydrogen) atoms. The summed E-state index contributed by atoms with van der Waals surface area (Å²) >= 11 is 0. The van der Waals surface area contributed by atoms with Gasteiger partial charge in [-0.25, -0.2) is 0 Å². The molecule has 0 aromatic heterocycles. The van der Waals surface area contributed by atoms with Crippen LogP contribution in [0.1, 0.15) is 6.42 Å². The van der Waals surface area contributed by atoms with Crippen molar-refractivity contribution in [2.75, 3.05) is 13.2 Å². The maximum absolute atomic E-state index is 8.65. The smallest absolute Gasteiger partial charge is 0.0891 e. The van der Waals surface area contributed by atoms with Gasteiger partial charge in [-0.3, -0.25) is 0 Å². The highest BCUT2D eigenvalue weighted by atomic mass is 16.5. The molecule has 0 amide bonds. The fourth-order valence-electron chi connectivity index (χ4n) is 1.01. The van der Waals surface area contributed by atoms with E-state index in [4.69, 9.17) is 15.4 Å². The summed E-state index contributed by atoms with van der Waals surface area (Å²) in [4.78, 5) is 2.65. The molecule has 1 rings (SSSR count). The van der Waals surface area contributed by atoms with Gasteiger partial charge in [-0.2, -0.15) is 0 Å². The number of nitrogens with zero attached hydrogens (tertiary/aromatic N) is 3. The molecule has 5 nitrogen and oxygen atoms in total. The Kier molecular flexibility index (Phi) is 2.50. The predicted octanol–water partition coefficient (Wildman–Crippen LogP) is 0.447. The summed E-state index contributed by atoms with van der Waals surface area (Å²) in [5.41, 5.74) is 8.06. The van der Waals surface area contributed by atoms with Gasteiger partial charge < -0.3 is 9.84 Å². The summed E-state index contributed by atoms with van der Waals surface area (Å²) < 4.78 is 5.05.